The monoisotopic (exact) mass is 262 g/mol. The van der Waals surface area contributed by atoms with Gasteiger partial charge in [-0.15, -0.1) is 0 Å². The maximum absolute atomic E-state index is 11.9. The number of carbonyl (C=O) groups excluding carboxylic acids is 1. The number of benzene rings is 1. The standard InChI is InChI=1S/C14H18N2O3/c1-16(10-6-7-10)9-8-15-13(17)11-4-2-3-5-12(11)14(18)19/h2-5,10H,6-9H2,1H3,(H,15,17)(H,18,19). The quantitative estimate of drug-likeness (QED) is 0.808. The van der Waals surface area contributed by atoms with Crippen molar-refractivity contribution in [1.29, 1.82) is 0 Å². The minimum atomic E-state index is -1.08. The molecular formula is C14H18N2O3. The summed E-state index contributed by atoms with van der Waals surface area (Å²) in [5, 5.41) is 11.8. The van der Waals surface area contributed by atoms with Crippen molar-refractivity contribution < 1.29 is 14.7 Å². The van der Waals surface area contributed by atoms with Gasteiger partial charge in [0.15, 0.2) is 0 Å². The number of hydrogen-bond acceptors (Lipinski definition) is 3. The van der Waals surface area contributed by atoms with Crippen molar-refractivity contribution in [2.24, 2.45) is 0 Å². The highest BCUT2D eigenvalue weighted by atomic mass is 16.4. The van der Waals surface area contributed by atoms with Crippen molar-refractivity contribution in [1.82, 2.24) is 10.2 Å². The van der Waals surface area contributed by atoms with Gasteiger partial charge in [-0.1, -0.05) is 12.1 Å². The predicted octanol–water partition coefficient (Wildman–Crippen LogP) is 1.21. The highest BCUT2D eigenvalue weighted by molar-refractivity contribution is 6.04. The molecule has 0 aromatic heterocycles. The zero-order valence-electron chi connectivity index (χ0n) is 10.9. The van der Waals surface area contributed by atoms with Crippen LogP contribution in [0.4, 0.5) is 0 Å². The molecule has 0 aliphatic heterocycles. The van der Waals surface area contributed by atoms with Crippen LogP contribution in [-0.2, 0) is 0 Å². The third-order valence-corrected chi connectivity index (χ3v) is 3.32. The second-order valence-corrected chi connectivity index (χ2v) is 4.82. The number of aromatic carboxylic acids is 1. The Morgan fingerprint density at radius 1 is 1.32 bits per heavy atom. The highest BCUT2D eigenvalue weighted by Gasteiger charge is 2.25. The van der Waals surface area contributed by atoms with Crippen molar-refractivity contribution in [3.8, 4) is 0 Å². The Morgan fingerprint density at radius 3 is 2.53 bits per heavy atom. The summed E-state index contributed by atoms with van der Waals surface area (Å²) in [6, 6.07) is 6.90. The lowest BCUT2D eigenvalue weighted by Crippen LogP contribution is -2.34. The Labute approximate surface area is 112 Å². The van der Waals surface area contributed by atoms with Crippen molar-refractivity contribution >= 4 is 11.9 Å². The van der Waals surface area contributed by atoms with Crippen LogP contribution < -0.4 is 5.32 Å². The molecule has 0 radical (unpaired) electrons. The number of carbonyl (C=O) groups is 2. The number of carboxylic acids is 1. The van der Waals surface area contributed by atoms with Gasteiger partial charge in [0.25, 0.3) is 5.91 Å². The van der Waals surface area contributed by atoms with E-state index in [1.165, 1.54) is 25.0 Å². The van der Waals surface area contributed by atoms with Gasteiger partial charge in [0.2, 0.25) is 0 Å². The summed E-state index contributed by atoms with van der Waals surface area (Å²) in [4.78, 5) is 25.2. The van der Waals surface area contributed by atoms with E-state index in [4.69, 9.17) is 5.11 Å². The normalized spacial score (nSPS) is 14.4. The molecule has 19 heavy (non-hydrogen) atoms. The molecule has 1 aromatic rings. The molecule has 1 saturated carbocycles. The Kier molecular flexibility index (Phi) is 4.16. The summed E-state index contributed by atoms with van der Waals surface area (Å²) >= 11 is 0. The second kappa shape index (κ2) is 5.84. The molecule has 0 spiro atoms. The largest absolute Gasteiger partial charge is 0.478 e. The first-order valence-corrected chi connectivity index (χ1v) is 6.40. The topological polar surface area (TPSA) is 69.6 Å². The Balaban J connectivity index is 1.90. The lowest BCUT2D eigenvalue weighted by atomic mass is 10.1. The Bertz CT molecular complexity index is 483. The molecule has 1 aliphatic carbocycles. The Hall–Kier alpha value is -1.88. The molecule has 0 heterocycles. The maximum atomic E-state index is 11.9. The van der Waals surface area contributed by atoms with Gasteiger partial charge in [0, 0.05) is 19.1 Å². The number of rotatable bonds is 6. The van der Waals surface area contributed by atoms with Crippen LogP contribution in [0.3, 0.4) is 0 Å². The van der Waals surface area contributed by atoms with Gasteiger partial charge in [-0.2, -0.15) is 0 Å². The zero-order chi connectivity index (χ0) is 13.8. The Morgan fingerprint density at radius 2 is 1.95 bits per heavy atom. The number of carboxylic acid groups (broad SMARTS) is 1. The summed E-state index contributed by atoms with van der Waals surface area (Å²) in [5.41, 5.74) is 0.250. The smallest absolute Gasteiger partial charge is 0.336 e. The molecule has 1 fully saturated rings. The number of nitrogens with zero attached hydrogens (tertiary/aromatic N) is 1. The van der Waals surface area contributed by atoms with E-state index in [9.17, 15) is 9.59 Å². The van der Waals surface area contributed by atoms with E-state index in [1.807, 2.05) is 7.05 Å². The second-order valence-electron chi connectivity index (χ2n) is 4.82. The predicted molar refractivity (Wildman–Crippen MR) is 71.4 cm³/mol. The SMILES string of the molecule is CN(CCNC(=O)c1ccccc1C(=O)O)C1CC1. The lowest BCUT2D eigenvalue weighted by Gasteiger charge is -2.16. The van der Waals surface area contributed by atoms with Crippen LogP contribution >= 0.6 is 0 Å². The van der Waals surface area contributed by atoms with E-state index >= 15 is 0 Å². The molecule has 1 aliphatic rings. The van der Waals surface area contributed by atoms with Crippen LogP contribution in [0, 0.1) is 0 Å². The molecule has 2 N–H and O–H groups in total. The summed E-state index contributed by atoms with van der Waals surface area (Å²) in [6.07, 6.45) is 2.46. The van der Waals surface area contributed by atoms with Crippen LogP contribution in [0.15, 0.2) is 24.3 Å². The van der Waals surface area contributed by atoms with E-state index in [-0.39, 0.29) is 17.0 Å². The fourth-order valence-electron chi connectivity index (χ4n) is 2.01. The van der Waals surface area contributed by atoms with Gasteiger partial charge in [0.1, 0.15) is 0 Å². The van der Waals surface area contributed by atoms with E-state index in [0.717, 1.165) is 6.54 Å². The first-order chi connectivity index (χ1) is 9.09. The van der Waals surface area contributed by atoms with Gasteiger partial charge in [-0.05, 0) is 32.0 Å². The molecule has 2 rings (SSSR count). The summed E-state index contributed by atoms with van der Waals surface area (Å²) in [6.45, 7) is 1.31. The third-order valence-electron chi connectivity index (χ3n) is 3.32. The fourth-order valence-corrected chi connectivity index (χ4v) is 2.01. The van der Waals surface area contributed by atoms with Crippen LogP contribution in [0.1, 0.15) is 33.6 Å². The van der Waals surface area contributed by atoms with E-state index in [2.05, 4.69) is 10.2 Å². The van der Waals surface area contributed by atoms with Crippen LogP contribution in [0.5, 0.6) is 0 Å². The lowest BCUT2D eigenvalue weighted by molar-refractivity contribution is 0.0691. The van der Waals surface area contributed by atoms with Crippen molar-refractivity contribution in [2.45, 2.75) is 18.9 Å². The van der Waals surface area contributed by atoms with Crippen LogP contribution in [0.25, 0.3) is 0 Å². The molecule has 5 nitrogen and oxygen atoms in total. The van der Waals surface area contributed by atoms with E-state index in [0.29, 0.717) is 12.6 Å². The van der Waals surface area contributed by atoms with Crippen LogP contribution in [-0.4, -0.2) is 48.1 Å². The van der Waals surface area contributed by atoms with Gasteiger partial charge in [-0.25, -0.2) is 4.79 Å². The van der Waals surface area contributed by atoms with Crippen molar-refractivity contribution in [3.63, 3.8) is 0 Å². The zero-order valence-corrected chi connectivity index (χ0v) is 10.9. The molecule has 0 saturated heterocycles. The highest BCUT2D eigenvalue weighted by Crippen LogP contribution is 2.24. The fraction of sp³-hybridized carbons (Fsp3) is 0.429. The molecule has 0 unspecified atom stereocenters. The number of likely N-dealkylation sites (N-methyl/N-ethyl adjacent to an activating group) is 1. The van der Waals surface area contributed by atoms with E-state index < -0.39 is 5.97 Å². The molecule has 0 bridgehead atoms. The minimum Gasteiger partial charge on any atom is -0.478 e. The molecule has 1 amide bonds. The first kappa shape index (κ1) is 13.5. The molecule has 102 valence electrons. The average Bonchev–Trinajstić information content (AvgIpc) is 3.22. The van der Waals surface area contributed by atoms with Gasteiger partial charge in [-0.3, -0.25) is 4.79 Å². The molecule has 5 heteroatoms. The first-order valence-electron chi connectivity index (χ1n) is 6.40. The summed E-state index contributed by atoms with van der Waals surface area (Å²) in [5.74, 6) is -1.41. The molecule has 0 atom stereocenters. The number of amides is 1. The molecular weight excluding hydrogens is 244 g/mol. The number of hydrogen-bond donors (Lipinski definition) is 2. The van der Waals surface area contributed by atoms with Crippen LogP contribution in [0.2, 0.25) is 0 Å². The third kappa shape index (κ3) is 3.54. The number of nitrogens with one attached hydrogen (secondary N) is 1. The van der Waals surface area contributed by atoms with Crippen molar-refractivity contribution in [2.75, 3.05) is 20.1 Å². The van der Waals surface area contributed by atoms with E-state index in [1.54, 1.807) is 12.1 Å². The summed E-state index contributed by atoms with van der Waals surface area (Å²) < 4.78 is 0. The average molecular weight is 262 g/mol. The van der Waals surface area contributed by atoms with Gasteiger partial charge in [0.05, 0.1) is 11.1 Å². The molecule has 1 aromatic carbocycles. The summed E-state index contributed by atoms with van der Waals surface area (Å²) in [7, 11) is 2.04. The van der Waals surface area contributed by atoms with Gasteiger partial charge < -0.3 is 15.3 Å². The minimum absolute atomic E-state index is 0.0375. The van der Waals surface area contributed by atoms with Gasteiger partial charge >= 0.3 is 5.97 Å². The maximum Gasteiger partial charge on any atom is 0.336 e. The van der Waals surface area contributed by atoms with Crippen molar-refractivity contribution in [3.05, 3.63) is 35.4 Å².